The summed E-state index contributed by atoms with van der Waals surface area (Å²) in [6, 6.07) is 2.57. The number of aromatic hydroxyl groups is 1. The number of hydrogen-bond acceptors (Lipinski definition) is 4. The normalized spacial score (nSPS) is 20.0. The smallest absolute Gasteiger partial charge is 0.296 e. The predicted molar refractivity (Wildman–Crippen MR) is 59.3 cm³/mol. The molecule has 1 aromatic rings. The van der Waals surface area contributed by atoms with Crippen molar-refractivity contribution in [1.82, 2.24) is 0 Å². The summed E-state index contributed by atoms with van der Waals surface area (Å²) in [4.78, 5) is -0.255. The Hall–Kier alpha value is -1.27. The number of nitrogens with one attached hydrogen (secondary N) is 1. The molecule has 3 N–H and O–H groups in total. The van der Waals surface area contributed by atoms with E-state index in [4.69, 9.17) is 4.55 Å². The van der Waals surface area contributed by atoms with Crippen molar-refractivity contribution >= 4 is 15.8 Å². The van der Waals surface area contributed by atoms with Gasteiger partial charge in [0.05, 0.1) is 5.69 Å². The minimum atomic E-state index is -4.31. The zero-order chi connectivity index (χ0) is 11.9. The number of phenolic OH excluding ortho intramolecular Hbond substituents is 1. The van der Waals surface area contributed by atoms with Gasteiger partial charge in [0.25, 0.3) is 10.1 Å². The SMILES string of the molecule is CC1CNc2c(cc(O)cc2S(=O)(=O)O)C1. The Morgan fingerprint density at radius 3 is 2.75 bits per heavy atom. The van der Waals surface area contributed by atoms with Gasteiger partial charge < -0.3 is 10.4 Å². The summed E-state index contributed by atoms with van der Waals surface area (Å²) in [5.41, 5.74) is 1.12. The standard InChI is InChI=1S/C10H13NO4S/c1-6-2-7-3-8(12)4-9(16(13,14)15)10(7)11-5-6/h3-4,6,11-12H,2,5H2,1H3,(H,13,14,15). The Kier molecular flexibility index (Phi) is 2.55. The van der Waals surface area contributed by atoms with E-state index in [0.717, 1.165) is 6.07 Å². The molecule has 16 heavy (non-hydrogen) atoms. The molecular formula is C10H13NO4S. The van der Waals surface area contributed by atoms with E-state index in [9.17, 15) is 13.5 Å². The van der Waals surface area contributed by atoms with E-state index in [0.29, 0.717) is 30.1 Å². The molecule has 0 saturated heterocycles. The van der Waals surface area contributed by atoms with Crippen molar-refractivity contribution in [1.29, 1.82) is 0 Å². The molecule has 6 heteroatoms. The lowest BCUT2D eigenvalue weighted by atomic mass is 9.95. The summed E-state index contributed by atoms with van der Waals surface area (Å²) in [5.74, 6) is 0.214. The maximum atomic E-state index is 11.1. The van der Waals surface area contributed by atoms with Crippen molar-refractivity contribution in [2.24, 2.45) is 5.92 Å². The molecule has 1 aromatic carbocycles. The molecular weight excluding hydrogens is 230 g/mol. The van der Waals surface area contributed by atoms with Crippen molar-refractivity contribution in [3.8, 4) is 5.75 Å². The van der Waals surface area contributed by atoms with Gasteiger partial charge in [-0.2, -0.15) is 8.42 Å². The van der Waals surface area contributed by atoms with E-state index in [1.54, 1.807) is 0 Å². The molecule has 1 aliphatic heterocycles. The lowest BCUT2D eigenvalue weighted by Gasteiger charge is -2.25. The quantitative estimate of drug-likeness (QED) is 0.510. The molecule has 1 aliphatic rings. The predicted octanol–water partition coefficient (Wildman–Crippen LogP) is 1.24. The van der Waals surface area contributed by atoms with Gasteiger partial charge in [-0.15, -0.1) is 0 Å². The molecule has 0 aromatic heterocycles. The summed E-state index contributed by atoms with van der Waals surface area (Å²) in [6.45, 7) is 2.67. The van der Waals surface area contributed by atoms with Crippen LogP contribution in [0.15, 0.2) is 17.0 Å². The van der Waals surface area contributed by atoms with Gasteiger partial charge in [0.1, 0.15) is 10.6 Å². The van der Waals surface area contributed by atoms with Crippen LogP contribution in [0.5, 0.6) is 5.75 Å². The first kappa shape index (κ1) is 11.2. The van der Waals surface area contributed by atoms with Gasteiger partial charge in [-0.1, -0.05) is 6.92 Å². The Bertz CT molecular complexity index is 524. The number of phenols is 1. The van der Waals surface area contributed by atoms with Crippen LogP contribution in [-0.4, -0.2) is 24.6 Å². The third-order valence-corrected chi connectivity index (χ3v) is 3.52. The van der Waals surface area contributed by atoms with Gasteiger partial charge in [-0.05, 0) is 24.0 Å². The Balaban J connectivity index is 2.64. The van der Waals surface area contributed by atoms with Crippen LogP contribution in [0.2, 0.25) is 0 Å². The average molecular weight is 243 g/mol. The number of benzene rings is 1. The van der Waals surface area contributed by atoms with Crippen molar-refractivity contribution in [3.05, 3.63) is 17.7 Å². The highest BCUT2D eigenvalue weighted by atomic mass is 32.2. The van der Waals surface area contributed by atoms with E-state index in [1.807, 2.05) is 6.92 Å². The third kappa shape index (κ3) is 1.98. The molecule has 0 amide bonds. The van der Waals surface area contributed by atoms with E-state index < -0.39 is 10.1 Å². The third-order valence-electron chi connectivity index (χ3n) is 2.64. The molecule has 0 aliphatic carbocycles. The molecule has 0 saturated carbocycles. The van der Waals surface area contributed by atoms with Crippen LogP contribution in [0.4, 0.5) is 5.69 Å². The maximum Gasteiger partial charge on any atom is 0.296 e. The average Bonchev–Trinajstić information content (AvgIpc) is 2.14. The summed E-state index contributed by atoms with van der Waals surface area (Å²) in [6.07, 6.45) is 0.680. The lowest BCUT2D eigenvalue weighted by Crippen LogP contribution is -2.22. The summed E-state index contributed by atoms with van der Waals surface area (Å²) in [7, 11) is -4.31. The molecule has 1 atom stereocenters. The zero-order valence-electron chi connectivity index (χ0n) is 8.77. The molecule has 0 fully saturated rings. The molecule has 0 radical (unpaired) electrons. The second-order valence-electron chi connectivity index (χ2n) is 4.14. The van der Waals surface area contributed by atoms with Gasteiger partial charge in [0.15, 0.2) is 0 Å². The number of hydrogen-bond donors (Lipinski definition) is 3. The number of rotatable bonds is 1. The lowest BCUT2D eigenvalue weighted by molar-refractivity contribution is 0.463. The molecule has 2 rings (SSSR count). The number of fused-ring (bicyclic) bond motifs is 1. The second kappa shape index (κ2) is 3.64. The van der Waals surface area contributed by atoms with E-state index in [1.165, 1.54) is 6.07 Å². The van der Waals surface area contributed by atoms with Crippen molar-refractivity contribution in [2.45, 2.75) is 18.2 Å². The van der Waals surface area contributed by atoms with Crippen molar-refractivity contribution < 1.29 is 18.1 Å². The zero-order valence-corrected chi connectivity index (χ0v) is 9.58. The minimum Gasteiger partial charge on any atom is -0.508 e. The molecule has 88 valence electrons. The molecule has 0 bridgehead atoms. The topological polar surface area (TPSA) is 86.6 Å². The molecule has 5 nitrogen and oxygen atoms in total. The van der Waals surface area contributed by atoms with E-state index in [2.05, 4.69) is 5.32 Å². The minimum absolute atomic E-state index is 0.151. The second-order valence-corrected chi connectivity index (χ2v) is 5.53. The highest BCUT2D eigenvalue weighted by Gasteiger charge is 2.24. The van der Waals surface area contributed by atoms with E-state index >= 15 is 0 Å². The van der Waals surface area contributed by atoms with Gasteiger partial charge in [-0.25, -0.2) is 0 Å². The van der Waals surface area contributed by atoms with Crippen LogP contribution in [-0.2, 0) is 16.5 Å². The van der Waals surface area contributed by atoms with Crippen LogP contribution < -0.4 is 5.32 Å². The summed E-state index contributed by atoms with van der Waals surface area (Å²) >= 11 is 0. The fraction of sp³-hybridized carbons (Fsp3) is 0.400. The van der Waals surface area contributed by atoms with Gasteiger partial charge in [-0.3, -0.25) is 4.55 Å². The molecule has 1 heterocycles. The molecule has 0 spiro atoms. The van der Waals surface area contributed by atoms with Gasteiger partial charge in [0.2, 0.25) is 0 Å². The van der Waals surface area contributed by atoms with Crippen LogP contribution in [0.1, 0.15) is 12.5 Å². The fourth-order valence-electron chi connectivity index (χ4n) is 1.95. The van der Waals surface area contributed by atoms with Crippen molar-refractivity contribution in [2.75, 3.05) is 11.9 Å². The van der Waals surface area contributed by atoms with Crippen LogP contribution in [0.3, 0.4) is 0 Å². The summed E-state index contributed by atoms with van der Waals surface area (Å²) < 4.78 is 31.3. The van der Waals surface area contributed by atoms with Crippen molar-refractivity contribution in [3.63, 3.8) is 0 Å². The highest BCUT2D eigenvalue weighted by molar-refractivity contribution is 7.86. The highest BCUT2D eigenvalue weighted by Crippen LogP contribution is 2.34. The fourth-order valence-corrected chi connectivity index (χ4v) is 2.68. The maximum absolute atomic E-state index is 11.1. The first-order chi connectivity index (χ1) is 7.38. The first-order valence-corrected chi connectivity index (χ1v) is 6.39. The Labute approximate surface area is 93.9 Å². The Morgan fingerprint density at radius 2 is 2.12 bits per heavy atom. The van der Waals surface area contributed by atoms with Crippen LogP contribution >= 0.6 is 0 Å². The largest absolute Gasteiger partial charge is 0.508 e. The Morgan fingerprint density at radius 1 is 1.44 bits per heavy atom. The van der Waals surface area contributed by atoms with Crippen LogP contribution in [0, 0.1) is 5.92 Å². The van der Waals surface area contributed by atoms with Crippen LogP contribution in [0.25, 0.3) is 0 Å². The van der Waals surface area contributed by atoms with Gasteiger partial charge >= 0.3 is 0 Å². The monoisotopic (exact) mass is 243 g/mol. The first-order valence-electron chi connectivity index (χ1n) is 4.95. The van der Waals surface area contributed by atoms with Gasteiger partial charge in [0, 0.05) is 12.6 Å². The van der Waals surface area contributed by atoms with E-state index in [-0.39, 0.29) is 10.6 Å². The summed E-state index contributed by atoms with van der Waals surface area (Å²) in [5, 5.41) is 12.4. The number of anilines is 1. The molecule has 1 unspecified atom stereocenters.